The Morgan fingerprint density at radius 2 is 1.62 bits per heavy atom. The van der Waals surface area contributed by atoms with Gasteiger partial charge in [0.1, 0.15) is 0 Å². The minimum Gasteiger partial charge on any atom is -0.123 e. The molecule has 2 aromatic carbocycles. The van der Waals surface area contributed by atoms with Crippen LogP contribution in [0.1, 0.15) is 36.3 Å². The van der Waals surface area contributed by atoms with E-state index < -0.39 is 0 Å². The maximum absolute atomic E-state index is 6.59. The summed E-state index contributed by atoms with van der Waals surface area (Å²) < 4.78 is 0. The maximum Gasteiger partial charge on any atom is 0.0406 e. The van der Waals surface area contributed by atoms with Crippen molar-refractivity contribution in [3.05, 3.63) is 70.7 Å². The van der Waals surface area contributed by atoms with E-state index in [0.717, 1.165) is 17.9 Å². The first-order chi connectivity index (χ1) is 10.2. The van der Waals surface area contributed by atoms with Gasteiger partial charge in [-0.3, -0.25) is 0 Å². The SMILES string of the molecule is Clc1ccc(CC2CC(c3ccccc3)CCC2Cl)cc1. The third-order valence-corrected chi connectivity index (χ3v) is 5.40. The molecule has 0 bridgehead atoms. The van der Waals surface area contributed by atoms with E-state index in [1.54, 1.807) is 0 Å². The van der Waals surface area contributed by atoms with Crippen molar-refractivity contribution in [1.29, 1.82) is 0 Å². The second kappa shape index (κ2) is 6.85. The van der Waals surface area contributed by atoms with Gasteiger partial charge in [0, 0.05) is 10.4 Å². The zero-order valence-corrected chi connectivity index (χ0v) is 13.5. The van der Waals surface area contributed by atoms with Crippen LogP contribution in [0.3, 0.4) is 0 Å². The van der Waals surface area contributed by atoms with E-state index in [0.29, 0.717) is 17.2 Å². The number of halogens is 2. The summed E-state index contributed by atoms with van der Waals surface area (Å²) in [6.07, 6.45) is 4.55. The minimum atomic E-state index is 0.292. The lowest BCUT2D eigenvalue weighted by atomic mass is 9.75. The summed E-state index contributed by atoms with van der Waals surface area (Å²) in [5, 5.41) is 1.09. The highest BCUT2D eigenvalue weighted by Crippen LogP contribution is 2.40. The van der Waals surface area contributed by atoms with Gasteiger partial charge in [0.25, 0.3) is 0 Å². The summed E-state index contributed by atoms with van der Waals surface area (Å²) in [4.78, 5) is 0. The van der Waals surface area contributed by atoms with E-state index in [9.17, 15) is 0 Å². The Morgan fingerprint density at radius 3 is 2.33 bits per heavy atom. The largest absolute Gasteiger partial charge is 0.123 e. The molecule has 1 aliphatic rings. The van der Waals surface area contributed by atoms with E-state index in [1.807, 2.05) is 12.1 Å². The first-order valence-electron chi connectivity index (χ1n) is 7.66. The summed E-state index contributed by atoms with van der Waals surface area (Å²) in [6.45, 7) is 0. The van der Waals surface area contributed by atoms with Crippen LogP contribution in [0, 0.1) is 5.92 Å². The number of alkyl halides is 1. The Labute approximate surface area is 137 Å². The van der Waals surface area contributed by atoms with E-state index in [2.05, 4.69) is 42.5 Å². The van der Waals surface area contributed by atoms with Crippen LogP contribution in [0.5, 0.6) is 0 Å². The number of hydrogen-bond donors (Lipinski definition) is 0. The summed E-state index contributed by atoms with van der Waals surface area (Å²) in [5.74, 6) is 1.20. The van der Waals surface area contributed by atoms with Gasteiger partial charge in [-0.25, -0.2) is 0 Å². The van der Waals surface area contributed by atoms with Crippen LogP contribution >= 0.6 is 23.2 Å². The fourth-order valence-corrected chi connectivity index (χ4v) is 3.83. The fraction of sp³-hybridized carbons (Fsp3) is 0.368. The summed E-state index contributed by atoms with van der Waals surface area (Å²) in [6, 6.07) is 19.0. The molecule has 1 saturated carbocycles. The van der Waals surface area contributed by atoms with Crippen molar-refractivity contribution >= 4 is 23.2 Å². The zero-order chi connectivity index (χ0) is 14.7. The predicted molar refractivity (Wildman–Crippen MR) is 91.3 cm³/mol. The van der Waals surface area contributed by atoms with Crippen molar-refractivity contribution in [2.75, 3.05) is 0 Å². The molecule has 2 heteroatoms. The van der Waals surface area contributed by atoms with Crippen LogP contribution in [-0.4, -0.2) is 5.38 Å². The minimum absolute atomic E-state index is 0.292. The number of benzene rings is 2. The normalized spacial score (nSPS) is 25.7. The molecule has 1 aliphatic carbocycles. The van der Waals surface area contributed by atoms with Crippen molar-refractivity contribution in [3.8, 4) is 0 Å². The third kappa shape index (κ3) is 3.81. The second-order valence-electron chi connectivity index (χ2n) is 6.03. The molecule has 0 amide bonds. The van der Waals surface area contributed by atoms with Crippen molar-refractivity contribution in [2.24, 2.45) is 5.92 Å². The lowest BCUT2D eigenvalue weighted by Crippen LogP contribution is -2.26. The van der Waals surface area contributed by atoms with Gasteiger partial charge in [-0.1, -0.05) is 54.1 Å². The van der Waals surface area contributed by atoms with Gasteiger partial charge in [0.2, 0.25) is 0 Å². The average Bonchev–Trinajstić information content (AvgIpc) is 2.52. The monoisotopic (exact) mass is 318 g/mol. The van der Waals surface area contributed by atoms with Crippen molar-refractivity contribution < 1.29 is 0 Å². The molecule has 110 valence electrons. The molecule has 2 aromatic rings. The van der Waals surface area contributed by atoms with Gasteiger partial charge in [-0.15, -0.1) is 11.6 Å². The van der Waals surface area contributed by atoms with Crippen LogP contribution in [-0.2, 0) is 6.42 Å². The maximum atomic E-state index is 6.59. The Bertz CT molecular complexity index is 562. The van der Waals surface area contributed by atoms with Crippen molar-refractivity contribution in [1.82, 2.24) is 0 Å². The van der Waals surface area contributed by atoms with Crippen LogP contribution < -0.4 is 0 Å². The lowest BCUT2D eigenvalue weighted by molar-refractivity contribution is 0.327. The van der Waals surface area contributed by atoms with Gasteiger partial charge in [0.05, 0.1) is 0 Å². The molecule has 0 saturated heterocycles. The quantitative estimate of drug-likeness (QED) is 0.602. The molecule has 0 heterocycles. The first kappa shape index (κ1) is 14.9. The molecular weight excluding hydrogens is 299 g/mol. The summed E-state index contributed by atoms with van der Waals surface area (Å²) in [5.41, 5.74) is 2.80. The number of hydrogen-bond acceptors (Lipinski definition) is 0. The van der Waals surface area contributed by atoms with Crippen LogP contribution in [0.25, 0.3) is 0 Å². The molecule has 0 spiro atoms. The molecule has 0 radical (unpaired) electrons. The molecule has 0 N–H and O–H groups in total. The van der Waals surface area contributed by atoms with E-state index in [-0.39, 0.29) is 0 Å². The van der Waals surface area contributed by atoms with E-state index in [1.165, 1.54) is 24.0 Å². The molecule has 0 nitrogen and oxygen atoms in total. The molecule has 1 fully saturated rings. The average molecular weight is 319 g/mol. The molecule has 3 unspecified atom stereocenters. The summed E-state index contributed by atoms with van der Waals surface area (Å²) >= 11 is 12.6. The van der Waals surface area contributed by atoms with Gasteiger partial charge < -0.3 is 0 Å². The highest BCUT2D eigenvalue weighted by molar-refractivity contribution is 6.30. The van der Waals surface area contributed by atoms with E-state index in [4.69, 9.17) is 23.2 Å². The lowest BCUT2D eigenvalue weighted by Gasteiger charge is -2.33. The number of rotatable bonds is 3. The van der Waals surface area contributed by atoms with Crippen LogP contribution in [0.4, 0.5) is 0 Å². The van der Waals surface area contributed by atoms with Crippen LogP contribution in [0.15, 0.2) is 54.6 Å². The fourth-order valence-electron chi connectivity index (χ4n) is 3.39. The summed E-state index contributed by atoms with van der Waals surface area (Å²) in [7, 11) is 0. The Morgan fingerprint density at radius 1 is 0.905 bits per heavy atom. The molecule has 0 aliphatic heterocycles. The highest BCUT2D eigenvalue weighted by Gasteiger charge is 2.29. The van der Waals surface area contributed by atoms with Gasteiger partial charge in [-0.05, 0) is 60.8 Å². The Hall–Kier alpha value is -0.980. The molecule has 21 heavy (non-hydrogen) atoms. The molecule has 3 rings (SSSR count). The first-order valence-corrected chi connectivity index (χ1v) is 8.47. The van der Waals surface area contributed by atoms with Crippen molar-refractivity contribution in [3.63, 3.8) is 0 Å². The Balaban J connectivity index is 1.70. The van der Waals surface area contributed by atoms with Crippen molar-refractivity contribution in [2.45, 2.75) is 37.0 Å². The highest BCUT2D eigenvalue weighted by atomic mass is 35.5. The van der Waals surface area contributed by atoms with E-state index >= 15 is 0 Å². The van der Waals surface area contributed by atoms with Gasteiger partial charge in [-0.2, -0.15) is 0 Å². The van der Waals surface area contributed by atoms with Gasteiger partial charge in [0.15, 0.2) is 0 Å². The molecular formula is C19H20Cl2. The van der Waals surface area contributed by atoms with Crippen LogP contribution in [0.2, 0.25) is 5.02 Å². The smallest absolute Gasteiger partial charge is 0.0406 e. The topological polar surface area (TPSA) is 0 Å². The third-order valence-electron chi connectivity index (χ3n) is 4.57. The predicted octanol–water partition coefficient (Wildman–Crippen LogP) is 6.07. The zero-order valence-electron chi connectivity index (χ0n) is 12.0. The standard InChI is InChI=1S/C19H20Cl2/c20-18-9-6-14(7-10-18)12-17-13-16(8-11-19(17)21)15-4-2-1-3-5-15/h1-7,9-10,16-17,19H,8,11-13H2. The molecule has 0 aromatic heterocycles. The second-order valence-corrected chi connectivity index (χ2v) is 7.02. The Kier molecular flexibility index (Phi) is 4.87. The van der Waals surface area contributed by atoms with Gasteiger partial charge >= 0.3 is 0 Å². The molecule has 3 atom stereocenters.